The third-order valence-corrected chi connectivity index (χ3v) is 3.61. The molecule has 0 aromatic carbocycles. The zero-order chi connectivity index (χ0) is 11.2. The van der Waals surface area contributed by atoms with E-state index in [2.05, 4.69) is 0 Å². The molecule has 5 N–H and O–H groups in total. The maximum Gasteiger partial charge on any atom is 0.122 e. The number of aliphatic hydroxyl groups is 5. The molecule has 6 heteroatoms. The fourth-order valence-electron chi connectivity index (χ4n) is 2.59. The molecule has 1 aliphatic carbocycles. The lowest BCUT2D eigenvalue weighted by atomic mass is 9.68. The third kappa shape index (κ3) is 1.41. The van der Waals surface area contributed by atoms with Gasteiger partial charge in [-0.2, -0.15) is 0 Å². The van der Waals surface area contributed by atoms with Gasteiger partial charge in [0.25, 0.3) is 0 Å². The molecule has 88 valence electrons. The molecule has 1 aliphatic heterocycles. The predicted octanol–water partition coefficient (Wildman–Crippen LogP) is -2.93. The van der Waals surface area contributed by atoms with E-state index in [1.165, 1.54) is 0 Å². The molecule has 15 heavy (non-hydrogen) atoms. The Hall–Kier alpha value is -0.240. The number of aliphatic hydroxyl groups excluding tert-OH is 4. The van der Waals surface area contributed by atoms with Gasteiger partial charge in [-0.1, -0.05) is 0 Å². The highest BCUT2D eigenvalue weighted by Gasteiger charge is 2.67. The molecular formula is C9H16O6. The number of rotatable bonds is 3. The maximum absolute atomic E-state index is 10.1. The van der Waals surface area contributed by atoms with E-state index in [1.807, 2.05) is 0 Å². The van der Waals surface area contributed by atoms with Gasteiger partial charge in [-0.25, -0.2) is 0 Å². The van der Waals surface area contributed by atoms with Crippen molar-refractivity contribution >= 4 is 0 Å². The molecule has 0 aromatic rings. The van der Waals surface area contributed by atoms with Crippen LogP contribution in [0.4, 0.5) is 0 Å². The highest BCUT2D eigenvalue weighted by molar-refractivity contribution is 5.14. The Morgan fingerprint density at radius 2 is 1.80 bits per heavy atom. The van der Waals surface area contributed by atoms with Gasteiger partial charge in [-0.15, -0.1) is 0 Å². The maximum atomic E-state index is 10.1. The van der Waals surface area contributed by atoms with Crippen LogP contribution in [0, 0.1) is 11.8 Å². The summed E-state index contributed by atoms with van der Waals surface area (Å²) >= 11 is 0. The van der Waals surface area contributed by atoms with Crippen LogP contribution in [0.25, 0.3) is 0 Å². The smallest absolute Gasteiger partial charge is 0.122 e. The normalized spacial score (nSPS) is 53.8. The van der Waals surface area contributed by atoms with Gasteiger partial charge in [-0.3, -0.25) is 0 Å². The lowest BCUT2D eigenvalue weighted by Gasteiger charge is -2.42. The molecule has 1 saturated heterocycles. The molecule has 2 rings (SSSR count). The van der Waals surface area contributed by atoms with Crippen molar-refractivity contribution in [2.24, 2.45) is 11.8 Å². The van der Waals surface area contributed by atoms with Crippen LogP contribution in [0.15, 0.2) is 0 Å². The molecule has 0 bridgehead atoms. The molecule has 0 aromatic heterocycles. The largest absolute Gasteiger partial charge is 0.396 e. The van der Waals surface area contributed by atoms with E-state index in [1.54, 1.807) is 0 Å². The second-order valence-corrected chi connectivity index (χ2v) is 4.30. The van der Waals surface area contributed by atoms with Crippen molar-refractivity contribution < 1.29 is 30.3 Å². The number of fused-ring (bicyclic) bond motifs is 1. The molecule has 2 aliphatic rings. The Kier molecular flexibility index (Phi) is 2.74. The van der Waals surface area contributed by atoms with E-state index < -0.39 is 49.0 Å². The molecule has 0 amide bonds. The van der Waals surface area contributed by atoms with Crippen LogP contribution in [0.3, 0.4) is 0 Å². The monoisotopic (exact) mass is 220 g/mol. The summed E-state index contributed by atoms with van der Waals surface area (Å²) in [6, 6.07) is 0. The lowest BCUT2D eigenvalue weighted by molar-refractivity contribution is -0.145. The van der Waals surface area contributed by atoms with Crippen LogP contribution in [-0.2, 0) is 4.74 Å². The summed E-state index contributed by atoms with van der Waals surface area (Å²) in [6.45, 7) is -1.32. The van der Waals surface area contributed by atoms with Gasteiger partial charge >= 0.3 is 0 Å². The summed E-state index contributed by atoms with van der Waals surface area (Å²) in [5, 5.41) is 47.2. The van der Waals surface area contributed by atoms with E-state index in [-0.39, 0.29) is 6.61 Å². The van der Waals surface area contributed by atoms with Crippen LogP contribution < -0.4 is 0 Å². The van der Waals surface area contributed by atoms with Crippen molar-refractivity contribution in [3.8, 4) is 0 Å². The molecule has 0 spiro atoms. The van der Waals surface area contributed by atoms with Crippen LogP contribution in [-0.4, -0.2) is 69.3 Å². The van der Waals surface area contributed by atoms with Gasteiger partial charge < -0.3 is 30.3 Å². The quantitative estimate of drug-likeness (QED) is 0.325. The first-order valence-corrected chi connectivity index (χ1v) is 4.98. The van der Waals surface area contributed by atoms with Crippen molar-refractivity contribution in [1.29, 1.82) is 0 Å². The summed E-state index contributed by atoms with van der Waals surface area (Å²) in [5.74, 6) is -1.44. The molecular weight excluding hydrogens is 204 g/mol. The Morgan fingerprint density at radius 3 is 2.27 bits per heavy atom. The van der Waals surface area contributed by atoms with Gasteiger partial charge in [0.1, 0.15) is 17.8 Å². The molecule has 1 heterocycles. The van der Waals surface area contributed by atoms with E-state index in [0.717, 1.165) is 0 Å². The first kappa shape index (κ1) is 11.3. The first-order chi connectivity index (χ1) is 7.10. The zero-order valence-corrected chi connectivity index (χ0v) is 8.15. The number of hydrogen-bond donors (Lipinski definition) is 5. The van der Waals surface area contributed by atoms with Gasteiger partial charge in [0.15, 0.2) is 0 Å². The van der Waals surface area contributed by atoms with Gasteiger partial charge in [-0.05, 0) is 0 Å². The fourth-order valence-corrected chi connectivity index (χ4v) is 2.59. The van der Waals surface area contributed by atoms with Gasteiger partial charge in [0, 0.05) is 25.0 Å². The molecule has 6 nitrogen and oxygen atoms in total. The summed E-state index contributed by atoms with van der Waals surface area (Å²) in [4.78, 5) is 0. The van der Waals surface area contributed by atoms with Crippen LogP contribution in [0.2, 0.25) is 0 Å². The standard InChI is InChI=1S/C9H16O6/c10-1-4-5(2-11)9(14,3-12)8-7(15-8)6(4)13/h4-8,10-14H,1-3H2/t4-,5+,6-,7+,8+,9-/m0/s1. The third-order valence-electron chi connectivity index (χ3n) is 3.61. The fraction of sp³-hybridized carbons (Fsp3) is 1.00. The minimum Gasteiger partial charge on any atom is -0.396 e. The van der Waals surface area contributed by atoms with E-state index >= 15 is 0 Å². The minimum absolute atomic E-state index is 0.360. The summed E-state index contributed by atoms with van der Waals surface area (Å²) in [7, 11) is 0. The minimum atomic E-state index is -1.56. The Bertz CT molecular complexity index is 247. The zero-order valence-electron chi connectivity index (χ0n) is 8.15. The van der Waals surface area contributed by atoms with E-state index in [4.69, 9.17) is 20.1 Å². The molecule has 2 fully saturated rings. The van der Waals surface area contributed by atoms with E-state index in [0.29, 0.717) is 0 Å². The number of epoxide rings is 1. The Labute approximate surface area is 86.7 Å². The highest BCUT2D eigenvalue weighted by Crippen LogP contribution is 2.48. The topological polar surface area (TPSA) is 114 Å². The number of hydrogen-bond acceptors (Lipinski definition) is 6. The lowest BCUT2D eigenvalue weighted by Crippen LogP contribution is -2.60. The second kappa shape index (κ2) is 3.65. The van der Waals surface area contributed by atoms with Crippen molar-refractivity contribution in [3.63, 3.8) is 0 Å². The van der Waals surface area contributed by atoms with Gasteiger partial charge in [0.05, 0.1) is 12.7 Å². The van der Waals surface area contributed by atoms with Crippen LogP contribution in [0.5, 0.6) is 0 Å². The number of ether oxygens (including phenoxy) is 1. The molecule has 1 saturated carbocycles. The van der Waals surface area contributed by atoms with E-state index in [9.17, 15) is 10.2 Å². The summed E-state index contributed by atoms with van der Waals surface area (Å²) in [6.07, 6.45) is -2.08. The van der Waals surface area contributed by atoms with Gasteiger partial charge in [0.2, 0.25) is 0 Å². The SMILES string of the molecule is OC[C@@H]1[C@H](O)[C@H]2O[C@H]2[C@](O)(CO)[C@@H]1CO. The average molecular weight is 220 g/mol. The summed E-state index contributed by atoms with van der Waals surface area (Å²) in [5.41, 5.74) is -1.56. The highest BCUT2D eigenvalue weighted by atomic mass is 16.6. The van der Waals surface area contributed by atoms with Crippen molar-refractivity contribution in [1.82, 2.24) is 0 Å². The van der Waals surface area contributed by atoms with Crippen LogP contribution in [0.1, 0.15) is 0 Å². The Morgan fingerprint density at radius 1 is 1.13 bits per heavy atom. The second-order valence-electron chi connectivity index (χ2n) is 4.30. The molecule has 6 atom stereocenters. The van der Waals surface area contributed by atoms with Crippen molar-refractivity contribution in [2.75, 3.05) is 19.8 Å². The summed E-state index contributed by atoms with van der Waals surface area (Å²) < 4.78 is 5.08. The predicted molar refractivity (Wildman–Crippen MR) is 47.9 cm³/mol. The Balaban J connectivity index is 2.26. The molecule has 0 radical (unpaired) electrons. The van der Waals surface area contributed by atoms with Crippen molar-refractivity contribution in [2.45, 2.75) is 23.9 Å². The van der Waals surface area contributed by atoms with Crippen molar-refractivity contribution in [3.05, 3.63) is 0 Å². The average Bonchev–Trinajstić information content (AvgIpc) is 3.03. The molecule has 0 unspecified atom stereocenters. The van der Waals surface area contributed by atoms with Crippen LogP contribution >= 0.6 is 0 Å². The first-order valence-electron chi connectivity index (χ1n) is 4.98.